The van der Waals surface area contributed by atoms with E-state index in [1.807, 2.05) is 0 Å². The van der Waals surface area contributed by atoms with Gasteiger partial charge in [-0.1, -0.05) is 39.0 Å². The van der Waals surface area contributed by atoms with Gasteiger partial charge in [-0.05, 0) is 19.9 Å². The van der Waals surface area contributed by atoms with E-state index in [-0.39, 0.29) is 6.04 Å². The predicted molar refractivity (Wildman–Crippen MR) is 72.7 cm³/mol. The van der Waals surface area contributed by atoms with Crippen molar-refractivity contribution in [2.75, 3.05) is 12.3 Å². The Hall–Kier alpha value is 0.270. The van der Waals surface area contributed by atoms with Crippen molar-refractivity contribution < 1.29 is 0 Å². The van der Waals surface area contributed by atoms with Crippen LogP contribution in [0.15, 0.2) is 0 Å². The average molecular weight is 232 g/mol. The summed E-state index contributed by atoms with van der Waals surface area (Å²) in [5.74, 6) is 0.755. The van der Waals surface area contributed by atoms with Crippen LogP contribution in [0.4, 0.5) is 0 Å². The van der Waals surface area contributed by atoms with E-state index in [1.165, 1.54) is 38.5 Å². The fraction of sp³-hybridized carbons (Fsp3) is 1.00. The second-order valence-electron chi connectivity index (χ2n) is 4.36. The second kappa shape index (κ2) is 10.8. The number of nitrogens with one attached hydrogen (secondary N) is 1. The summed E-state index contributed by atoms with van der Waals surface area (Å²) in [7, 11) is 0. The van der Waals surface area contributed by atoms with Gasteiger partial charge in [0.2, 0.25) is 0 Å². The lowest BCUT2D eigenvalue weighted by Gasteiger charge is -2.19. The maximum absolute atomic E-state index is 5.86. The average Bonchev–Trinajstić information content (AvgIpc) is 2.26. The van der Waals surface area contributed by atoms with Crippen molar-refractivity contribution in [3.8, 4) is 0 Å². The fourth-order valence-corrected chi connectivity index (χ4v) is 1.86. The van der Waals surface area contributed by atoms with Crippen LogP contribution in [-0.2, 0) is 0 Å². The van der Waals surface area contributed by atoms with Crippen LogP contribution in [0.25, 0.3) is 0 Å². The van der Waals surface area contributed by atoms with E-state index in [0.717, 1.165) is 12.3 Å². The molecule has 0 aromatic carbocycles. The Morgan fingerprint density at radius 3 is 2.33 bits per heavy atom. The molecule has 0 aromatic rings. The van der Waals surface area contributed by atoms with Crippen LogP contribution in [-0.4, -0.2) is 24.4 Å². The Balaban J connectivity index is 3.16. The van der Waals surface area contributed by atoms with Crippen molar-refractivity contribution in [2.45, 2.75) is 64.5 Å². The number of thiol groups is 1. The van der Waals surface area contributed by atoms with Crippen molar-refractivity contribution in [1.82, 2.24) is 5.32 Å². The smallest absolute Gasteiger partial charge is 0.0281 e. The standard InChI is InChI=1S/C12H28N2S/c1-3-4-5-6-7-8-9-14-11(2)12(13)10-15/h11-12,14-15H,3-10,13H2,1-2H3. The van der Waals surface area contributed by atoms with Crippen molar-refractivity contribution in [2.24, 2.45) is 5.73 Å². The molecule has 0 amide bonds. The Bertz CT molecular complexity index is 131. The summed E-state index contributed by atoms with van der Waals surface area (Å²) in [6, 6.07) is 0.562. The van der Waals surface area contributed by atoms with E-state index in [0.29, 0.717) is 6.04 Å². The minimum absolute atomic E-state index is 0.174. The molecule has 0 bridgehead atoms. The van der Waals surface area contributed by atoms with Gasteiger partial charge in [0.1, 0.15) is 0 Å². The summed E-state index contributed by atoms with van der Waals surface area (Å²) in [6.07, 6.45) is 8.09. The maximum atomic E-state index is 5.86. The Kier molecular flexibility index (Phi) is 11.0. The van der Waals surface area contributed by atoms with Gasteiger partial charge in [0.15, 0.2) is 0 Å². The van der Waals surface area contributed by atoms with Gasteiger partial charge in [0, 0.05) is 17.8 Å². The summed E-state index contributed by atoms with van der Waals surface area (Å²) in [6.45, 7) is 5.48. The first-order valence-electron chi connectivity index (χ1n) is 6.32. The van der Waals surface area contributed by atoms with Crippen molar-refractivity contribution >= 4 is 12.6 Å². The van der Waals surface area contributed by atoms with Gasteiger partial charge in [-0.25, -0.2) is 0 Å². The third-order valence-electron chi connectivity index (χ3n) is 2.85. The van der Waals surface area contributed by atoms with Gasteiger partial charge in [0.25, 0.3) is 0 Å². The Morgan fingerprint density at radius 1 is 1.13 bits per heavy atom. The zero-order valence-electron chi connectivity index (χ0n) is 10.3. The van der Waals surface area contributed by atoms with Crippen LogP contribution in [0.1, 0.15) is 52.4 Å². The van der Waals surface area contributed by atoms with Crippen LogP contribution < -0.4 is 11.1 Å². The molecule has 3 heteroatoms. The number of nitrogens with two attached hydrogens (primary N) is 1. The lowest BCUT2D eigenvalue weighted by atomic mass is 10.1. The summed E-state index contributed by atoms with van der Waals surface area (Å²) < 4.78 is 0. The second-order valence-corrected chi connectivity index (χ2v) is 4.72. The molecule has 0 rings (SSSR count). The highest BCUT2D eigenvalue weighted by molar-refractivity contribution is 7.80. The highest BCUT2D eigenvalue weighted by atomic mass is 32.1. The number of hydrogen-bond donors (Lipinski definition) is 3. The molecule has 0 aliphatic carbocycles. The van der Waals surface area contributed by atoms with Crippen molar-refractivity contribution in [1.29, 1.82) is 0 Å². The molecular weight excluding hydrogens is 204 g/mol. The zero-order valence-corrected chi connectivity index (χ0v) is 11.2. The number of unbranched alkanes of at least 4 members (excludes halogenated alkanes) is 5. The van der Waals surface area contributed by atoms with E-state index >= 15 is 0 Å². The highest BCUT2D eigenvalue weighted by Crippen LogP contribution is 2.04. The minimum Gasteiger partial charge on any atom is -0.326 e. The van der Waals surface area contributed by atoms with E-state index in [2.05, 4.69) is 31.8 Å². The summed E-state index contributed by atoms with van der Waals surface area (Å²) in [5, 5.41) is 3.45. The molecule has 2 atom stereocenters. The molecule has 2 unspecified atom stereocenters. The predicted octanol–water partition coefficient (Wildman–Crippen LogP) is 2.58. The topological polar surface area (TPSA) is 38.0 Å². The van der Waals surface area contributed by atoms with E-state index in [4.69, 9.17) is 5.73 Å². The Labute approximate surface area is 101 Å². The van der Waals surface area contributed by atoms with Gasteiger partial charge >= 0.3 is 0 Å². The number of hydrogen-bond acceptors (Lipinski definition) is 3. The van der Waals surface area contributed by atoms with Crippen LogP contribution >= 0.6 is 12.6 Å². The quantitative estimate of drug-likeness (QED) is 0.400. The first-order valence-corrected chi connectivity index (χ1v) is 6.95. The monoisotopic (exact) mass is 232 g/mol. The van der Waals surface area contributed by atoms with E-state index < -0.39 is 0 Å². The lowest BCUT2D eigenvalue weighted by molar-refractivity contribution is 0.467. The van der Waals surface area contributed by atoms with E-state index in [9.17, 15) is 0 Å². The van der Waals surface area contributed by atoms with Crippen LogP contribution in [0, 0.1) is 0 Å². The third kappa shape index (κ3) is 9.21. The third-order valence-corrected chi connectivity index (χ3v) is 3.27. The molecular formula is C12H28N2S. The summed E-state index contributed by atoms with van der Waals surface area (Å²) in [4.78, 5) is 0. The number of rotatable bonds is 10. The molecule has 0 spiro atoms. The highest BCUT2D eigenvalue weighted by Gasteiger charge is 2.08. The molecule has 0 saturated carbocycles. The molecule has 92 valence electrons. The van der Waals surface area contributed by atoms with Crippen molar-refractivity contribution in [3.05, 3.63) is 0 Å². The summed E-state index contributed by atoms with van der Waals surface area (Å²) in [5.41, 5.74) is 5.86. The molecule has 0 aliphatic rings. The van der Waals surface area contributed by atoms with Gasteiger partial charge in [-0.3, -0.25) is 0 Å². The zero-order chi connectivity index (χ0) is 11.5. The molecule has 0 fully saturated rings. The Morgan fingerprint density at radius 2 is 1.73 bits per heavy atom. The summed E-state index contributed by atoms with van der Waals surface area (Å²) >= 11 is 4.19. The molecule has 3 N–H and O–H groups in total. The van der Waals surface area contributed by atoms with Crippen molar-refractivity contribution in [3.63, 3.8) is 0 Å². The molecule has 2 nitrogen and oxygen atoms in total. The molecule has 0 aromatic heterocycles. The largest absolute Gasteiger partial charge is 0.326 e. The van der Waals surface area contributed by atoms with E-state index in [1.54, 1.807) is 0 Å². The van der Waals surface area contributed by atoms with Gasteiger partial charge in [-0.2, -0.15) is 12.6 Å². The van der Waals surface area contributed by atoms with Gasteiger partial charge in [0.05, 0.1) is 0 Å². The van der Waals surface area contributed by atoms with Crippen LogP contribution in [0.5, 0.6) is 0 Å². The normalized spacial score (nSPS) is 15.2. The van der Waals surface area contributed by atoms with Gasteiger partial charge in [-0.15, -0.1) is 0 Å². The maximum Gasteiger partial charge on any atom is 0.0281 e. The molecule has 0 heterocycles. The van der Waals surface area contributed by atoms with Gasteiger partial charge < -0.3 is 11.1 Å². The molecule has 0 saturated heterocycles. The minimum atomic E-state index is 0.174. The first-order chi connectivity index (χ1) is 7.22. The van der Waals surface area contributed by atoms with Crippen LogP contribution in [0.2, 0.25) is 0 Å². The molecule has 0 aliphatic heterocycles. The molecule has 0 radical (unpaired) electrons. The SMILES string of the molecule is CCCCCCCCNC(C)C(N)CS. The molecule has 15 heavy (non-hydrogen) atoms. The lowest BCUT2D eigenvalue weighted by Crippen LogP contribution is -2.44. The fourth-order valence-electron chi connectivity index (χ4n) is 1.54. The first kappa shape index (κ1) is 15.3. The van der Waals surface area contributed by atoms with Crippen LogP contribution in [0.3, 0.4) is 0 Å².